The fourth-order valence-corrected chi connectivity index (χ4v) is 3.28. The normalized spacial score (nSPS) is 13.5. The van der Waals surface area contributed by atoms with Crippen LogP contribution in [0.3, 0.4) is 0 Å². The number of rotatable bonds is 7. The molecule has 6 heteroatoms. The van der Waals surface area contributed by atoms with E-state index in [1.54, 1.807) is 12.3 Å². The first-order valence-corrected chi connectivity index (χ1v) is 9.16. The number of methoxy groups -OCH3 is 1. The van der Waals surface area contributed by atoms with Crippen LogP contribution in [0, 0.1) is 0 Å². The number of nitrogens with zero attached hydrogens (tertiary/aromatic N) is 1. The molecule has 0 saturated carbocycles. The lowest BCUT2D eigenvalue weighted by molar-refractivity contribution is 0.356. The zero-order chi connectivity index (χ0) is 19.4. The maximum Gasteiger partial charge on any atom is 0.160 e. The number of nitrogens with two attached hydrogens (primary N) is 1. The van der Waals surface area contributed by atoms with E-state index in [0.717, 1.165) is 22.9 Å². The molecule has 1 unspecified atom stereocenters. The molecule has 3 rings (SSSR count). The molecular formula is C21H24ClN3O2. The lowest BCUT2D eigenvalue weighted by Gasteiger charge is -2.30. The third-order valence-corrected chi connectivity index (χ3v) is 5.02. The van der Waals surface area contributed by atoms with Crippen molar-refractivity contribution in [2.75, 3.05) is 13.7 Å². The van der Waals surface area contributed by atoms with E-state index in [9.17, 15) is 5.11 Å². The van der Waals surface area contributed by atoms with Crippen LogP contribution in [0.2, 0.25) is 5.02 Å². The van der Waals surface area contributed by atoms with E-state index in [1.807, 2.05) is 36.4 Å². The number of nitrogens with one attached hydrogen (secondary N) is 1. The Bertz CT molecular complexity index is 948. The molecule has 0 amide bonds. The molecular weight excluding hydrogens is 362 g/mol. The minimum Gasteiger partial charge on any atom is -0.504 e. The minimum absolute atomic E-state index is 0.129. The van der Waals surface area contributed by atoms with Gasteiger partial charge in [-0.3, -0.25) is 4.98 Å². The number of pyridine rings is 1. The Hall–Kier alpha value is -2.34. The average Bonchev–Trinajstić information content (AvgIpc) is 2.67. The fraction of sp³-hybridized carbons (Fsp3) is 0.286. The van der Waals surface area contributed by atoms with E-state index in [-0.39, 0.29) is 11.3 Å². The molecule has 5 nitrogen and oxygen atoms in total. The maximum absolute atomic E-state index is 9.74. The van der Waals surface area contributed by atoms with Crippen molar-refractivity contribution < 1.29 is 9.84 Å². The van der Waals surface area contributed by atoms with Gasteiger partial charge < -0.3 is 20.9 Å². The van der Waals surface area contributed by atoms with E-state index >= 15 is 0 Å². The minimum atomic E-state index is -0.307. The second kappa shape index (κ2) is 8.13. The Labute approximate surface area is 164 Å². The van der Waals surface area contributed by atoms with Gasteiger partial charge in [-0.15, -0.1) is 0 Å². The number of ether oxygens (including phenoxy) is 1. The summed E-state index contributed by atoms with van der Waals surface area (Å²) in [6, 6.07) is 13.1. The van der Waals surface area contributed by atoms with Crippen molar-refractivity contribution in [2.45, 2.75) is 25.4 Å². The monoisotopic (exact) mass is 385 g/mol. The molecule has 0 fully saturated rings. The van der Waals surface area contributed by atoms with Crippen LogP contribution in [0.25, 0.3) is 10.9 Å². The van der Waals surface area contributed by atoms with Crippen LogP contribution in [0.1, 0.15) is 18.1 Å². The summed E-state index contributed by atoms with van der Waals surface area (Å²) in [5.41, 5.74) is 8.85. The molecule has 1 aromatic heterocycles. The van der Waals surface area contributed by atoms with E-state index in [0.29, 0.717) is 23.9 Å². The topological polar surface area (TPSA) is 80.4 Å². The number of halogens is 1. The molecule has 0 aliphatic heterocycles. The summed E-state index contributed by atoms with van der Waals surface area (Å²) < 4.78 is 5.18. The summed E-state index contributed by atoms with van der Waals surface area (Å²) >= 11 is 6.08. The molecule has 0 saturated heterocycles. The molecule has 0 aliphatic rings. The Morgan fingerprint density at radius 3 is 2.78 bits per heavy atom. The van der Waals surface area contributed by atoms with Crippen molar-refractivity contribution in [1.82, 2.24) is 10.3 Å². The SMILES string of the molecule is COc1cc(CNC(C)(CN)Cc2ccnc3cc(Cl)ccc23)ccc1O. The summed E-state index contributed by atoms with van der Waals surface area (Å²) in [7, 11) is 1.54. The maximum atomic E-state index is 9.74. The molecule has 0 aliphatic carbocycles. The highest BCUT2D eigenvalue weighted by Crippen LogP contribution is 2.27. The molecule has 4 N–H and O–H groups in total. The van der Waals surface area contributed by atoms with Gasteiger partial charge in [0.1, 0.15) is 0 Å². The zero-order valence-electron chi connectivity index (χ0n) is 15.5. The second-order valence-electron chi connectivity index (χ2n) is 6.93. The molecule has 27 heavy (non-hydrogen) atoms. The standard InChI is InChI=1S/C21H24ClN3O2/c1-21(13-23,25-12-14-3-6-19(26)20(9-14)27-2)11-15-7-8-24-18-10-16(22)4-5-17(15)18/h3-10,25-26H,11-13,23H2,1-2H3. The molecule has 1 heterocycles. The van der Waals surface area contributed by atoms with Crippen molar-refractivity contribution in [3.05, 3.63) is 64.8 Å². The number of aromatic hydroxyl groups is 1. The Balaban J connectivity index is 1.80. The fourth-order valence-electron chi connectivity index (χ4n) is 3.11. The van der Waals surface area contributed by atoms with Gasteiger partial charge in [0.25, 0.3) is 0 Å². The summed E-state index contributed by atoms with van der Waals surface area (Å²) in [5, 5.41) is 15.0. The van der Waals surface area contributed by atoms with Crippen molar-refractivity contribution in [1.29, 1.82) is 0 Å². The van der Waals surface area contributed by atoms with Crippen molar-refractivity contribution in [3.63, 3.8) is 0 Å². The summed E-state index contributed by atoms with van der Waals surface area (Å²) in [5.74, 6) is 0.588. The van der Waals surface area contributed by atoms with Crippen LogP contribution in [0.15, 0.2) is 48.7 Å². The lowest BCUT2D eigenvalue weighted by atomic mass is 9.91. The highest BCUT2D eigenvalue weighted by Gasteiger charge is 2.23. The van der Waals surface area contributed by atoms with Crippen molar-refractivity contribution in [2.24, 2.45) is 5.73 Å². The van der Waals surface area contributed by atoms with Gasteiger partial charge >= 0.3 is 0 Å². The number of phenols is 1. The smallest absolute Gasteiger partial charge is 0.160 e. The van der Waals surface area contributed by atoms with Gasteiger partial charge in [-0.1, -0.05) is 23.7 Å². The largest absolute Gasteiger partial charge is 0.504 e. The van der Waals surface area contributed by atoms with E-state index < -0.39 is 0 Å². The van der Waals surface area contributed by atoms with Gasteiger partial charge in [0, 0.05) is 35.2 Å². The lowest BCUT2D eigenvalue weighted by Crippen LogP contribution is -2.50. The van der Waals surface area contributed by atoms with Crippen LogP contribution in [0.5, 0.6) is 11.5 Å². The molecule has 0 spiro atoms. The predicted octanol–water partition coefficient (Wildman–Crippen LogP) is 3.65. The summed E-state index contributed by atoms with van der Waals surface area (Å²) in [4.78, 5) is 4.41. The van der Waals surface area contributed by atoms with Gasteiger partial charge in [0.2, 0.25) is 0 Å². The number of fused-ring (bicyclic) bond motifs is 1. The van der Waals surface area contributed by atoms with Gasteiger partial charge in [-0.2, -0.15) is 0 Å². The Kier molecular flexibility index (Phi) is 5.85. The quantitative estimate of drug-likeness (QED) is 0.578. The average molecular weight is 386 g/mol. The van der Waals surface area contributed by atoms with Gasteiger partial charge in [0.05, 0.1) is 12.6 Å². The van der Waals surface area contributed by atoms with Crippen LogP contribution in [-0.2, 0) is 13.0 Å². The predicted molar refractivity (Wildman–Crippen MR) is 109 cm³/mol. The van der Waals surface area contributed by atoms with Crippen molar-refractivity contribution >= 4 is 22.5 Å². The number of hydrogen-bond acceptors (Lipinski definition) is 5. The Morgan fingerprint density at radius 1 is 1.22 bits per heavy atom. The third kappa shape index (κ3) is 4.50. The first kappa shape index (κ1) is 19.4. The number of benzene rings is 2. The molecule has 3 aromatic rings. The second-order valence-corrected chi connectivity index (χ2v) is 7.37. The molecule has 142 valence electrons. The molecule has 0 bridgehead atoms. The molecule has 0 radical (unpaired) electrons. The zero-order valence-corrected chi connectivity index (χ0v) is 16.3. The summed E-state index contributed by atoms with van der Waals surface area (Å²) in [6.07, 6.45) is 2.55. The third-order valence-electron chi connectivity index (χ3n) is 4.79. The van der Waals surface area contributed by atoms with Gasteiger partial charge in [0.15, 0.2) is 11.5 Å². The highest BCUT2D eigenvalue weighted by molar-refractivity contribution is 6.31. The summed E-state index contributed by atoms with van der Waals surface area (Å²) in [6.45, 7) is 3.19. The molecule has 1 atom stereocenters. The van der Waals surface area contributed by atoms with Gasteiger partial charge in [-0.25, -0.2) is 0 Å². The van der Waals surface area contributed by atoms with E-state index in [2.05, 4.69) is 17.2 Å². The molecule has 2 aromatic carbocycles. The first-order chi connectivity index (χ1) is 12.9. The van der Waals surface area contributed by atoms with Crippen molar-refractivity contribution in [3.8, 4) is 11.5 Å². The number of aromatic nitrogens is 1. The van der Waals surface area contributed by atoms with Crippen LogP contribution >= 0.6 is 11.6 Å². The van der Waals surface area contributed by atoms with Gasteiger partial charge in [-0.05, 0) is 54.8 Å². The van der Waals surface area contributed by atoms with Crippen LogP contribution in [0.4, 0.5) is 0 Å². The van der Waals surface area contributed by atoms with E-state index in [1.165, 1.54) is 12.7 Å². The highest BCUT2D eigenvalue weighted by atomic mass is 35.5. The van der Waals surface area contributed by atoms with Crippen LogP contribution in [-0.4, -0.2) is 29.3 Å². The van der Waals surface area contributed by atoms with E-state index in [4.69, 9.17) is 22.1 Å². The van der Waals surface area contributed by atoms with Crippen LogP contribution < -0.4 is 15.8 Å². The first-order valence-electron chi connectivity index (χ1n) is 8.78. The number of phenolic OH excluding ortho intramolecular Hbond substituents is 1. The number of hydrogen-bond donors (Lipinski definition) is 3. The Morgan fingerprint density at radius 2 is 2.04 bits per heavy atom.